The molecule has 2 saturated heterocycles. The number of nitrogens with zero attached hydrogens (tertiary/aromatic N) is 2. The average Bonchev–Trinajstić information content (AvgIpc) is 3.26. The molecule has 1 aromatic rings. The molecule has 2 fully saturated rings. The Balaban J connectivity index is 1.69. The second-order valence-corrected chi connectivity index (χ2v) is 8.12. The van der Waals surface area contributed by atoms with Crippen LogP contribution in [-0.2, 0) is 16.0 Å². The molecule has 7 nitrogen and oxygen atoms in total. The van der Waals surface area contributed by atoms with Crippen molar-refractivity contribution < 1.29 is 14.1 Å². The van der Waals surface area contributed by atoms with Gasteiger partial charge in [-0.25, -0.2) is 0 Å². The third kappa shape index (κ3) is 4.64. The zero-order valence-electron chi connectivity index (χ0n) is 16.2. The summed E-state index contributed by atoms with van der Waals surface area (Å²) in [6, 6.07) is 2.14. The number of piperidine rings is 1. The molecule has 2 aliphatic rings. The van der Waals surface area contributed by atoms with Crippen molar-refractivity contribution >= 4 is 5.91 Å². The Labute approximate surface area is 155 Å². The zero-order valence-corrected chi connectivity index (χ0v) is 16.2. The van der Waals surface area contributed by atoms with Crippen molar-refractivity contribution in [1.82, 2.24) is 20.7 Å². The molecule has 3 heterocycles. The first kappa shape index (κ1) is 19.3. The third-order valence-corrected chi connectivity index (χ3v) is 5.50. The minimum Gasteiger partial charge on any atom is -0.381 e. The average molecular weight is 364 g/mol. The topological polar surface area (TPSA) is 79.6 Å². The van der Waals surface area contributed by atoms with Gasteiger partial charge in [0.2, 0.25) is 5.91 Å². The van der Waals surface area contributed by atoms with Gasteiger partial charge in [0.15, 0.2) is 0 Å². The molecular weight excluding hydrogens is 332 g/mol. The fourth-order valence-corrected chi connectivity index (χ4v) is 4.07. The molecule has 0 spiro atoms. The smallest absolute Gasteiger partial charge is 0.227 e. The van der Waals surface area contributed by atoms with E-state index in [2.05, 4.69) is 27.6 Å². The monoisotopic (exact) mass is 364 g/mol. The van der Waals surface area contributed by atoms with Crippen molar-refractivity contribution in [2.45, 2.75) is 44.6 Å². The molecule has 1 amide bonds. The second kappa shape index (κ2) is 8.50. The summed E-state index contributed by atoms with van der Waals surface area (Å²) in [5, 5.41) is 10.8. The minimum atomic E-state index is -0.422. The van der Waals surface area contributed by atoms with Gasteiger partial charge >= 0.3 is 0 Å². The number of hydrogen-bond acceptors (Lipinski definition) is 6. The normalized spacial score (nSPS) is 23.9. The van der Waals surface area contributed by atoms with Gasteiger partial charge < -0.3 is 24.8 Å². The number of amides is 1. The summed E-state index contributed by atoms with van der Waals surface area (Å²) in [5.41, 5.74) is 0.539. The van der Waals surface area contributed by atoms with Gasteiger partial charge in [0, 0.05) is 37.6 Å². The molecule has 0 aliphatic carbocycles. The van der Waals surface area contributed by atoms with Crippen LogP contribution in [0.25, 0.3) is 0 Å². The van der Waals surface area contributed by atoms with E-state index in [0.717, 1.165) is 57.0 Å². The number of rotatable bonds is 7. The lowest BCUT2D eigenvalue weighted by atomic mass is 9.74. The minimum absolute atomic E-state index is 0.116. The molecule has 0 bridgehead atoms. The summed E-state index contributed by atoms with van der Waals surface area (Å²) in [7, 11) is 4.04. The first-order chi connectivity index (χ1) is 12.5. The molecule has 2 aliphatic heterocycles. The van der Waals surface area contributed by atoms with Crippen LogP contribution in [-0.4, -0.2) is 68.9 Å². The van der Waals surface area contributed by atoms with Crippen LogP contribution in [0, 0.1) is 5.41 Å². The standard InChI is InChI=1S/C19H32N4O3/c1-14(12-23(2)3)21-18(24)19(5-7-20-8-6-19)11-16-10-17(22-26-16)15-4-9-25-13-15/h10,14-15,20H,4-9,11-13H2,1-3H3,(H,21,24). The maximum Gasteiger partial charge on any atom is 0.227 e. The predicted octanol–water partition coefficient (Wildman–Crippen LogP) is 1.16. The molecule has 7 heteroatoms. The quantitative estimate of drug-likeness (QED) is 0.756. The molecule has 1 aromatic heterocycles. The molecule has 2 unspecified atom stereocenters. The number of aromatic nitrogens is 1. The van der Waals surface area contributed by atoms with Gasteiger partial charge in [-0.3, -0.25) is 4.79 Å². The van der Waals surface area contributed by atoms with Gasteiger partial charge in [-0.2, -0.15) is 0 Å². The van der Waals surface area contributed by atoms with Gasteiger partial charge in [-0.05, 0) is 53.4 Å². The first-order valence-electron chi connectivity index (χ1n) is 9.68. The fraction of sp³-hybridized carbons (Fsp3) is 0.789. The zero-order chi connectivity index (χ0) is 18.6. The van der Waals surface area contributed by atoms with E-state index in [-0.39, 0.29) is 11.9 Å². The molecule has 3 rings (SSSR count). The van der Waals surface area contributed by atoms with Crippen LogP contribution >= 0.6 is 0 Å². The lowest BCUT2D eigenvalue weighted by molar-refractivity contribution is -0.133. The summed E-state index contributed by atoms with van der Waals surface area (Å²) in [4.78, 5) is 15.2. The fourth-order valence-electron chi connectivity index (χ4n) is 4.07. The van der Waals surface area contributed by atoms with Gasteiger partial charge in [-0.1, -0.05) is 5.16 Å². The Morgan fingerprint density at radius 3 is 2.88 bits per heavy atom. The highest BCUT2D eigenvalue weighted by atomic mass is 16.5. The van der Waals surface area contributed by atoms with Crippen LogP contribution < -0.4 is 10.6 Å². The van der Waals surface area contributed by atoms with Crippen LogP contribution in [0.2, 0.25) is 0 Å². The molecule has 0 saturated carbocycles. The Bertz CT molecular complexity index is 589. The number of ether oxygens (including phenoxy) is 1. The summed E-state index contributed by atoms with van der Waals surface area (Å²) >= 11 is 0. The van der Waals surface area contributed by atoms with Crippen LogP contribution in [0.15, 0.2) is 10.6 Å². The molecule has 2 N–H and O–H groups in total. The molecule has 2 atom stereocenters. The predicted molar refractivity (Wildman–Crippen MR) is 99.1 cm³/mol. The Morgan fingerprint density at radius 2 is 2.23 bits per heavy atom. The highest BCUT2D eigenvalue weighted by Gasteiger charge is 2.41. The highest BCUT2D eigenvalue weighted by molar-refractivity contribution is 5.83. The number of carbonyl (C=O) groups excluding carboxylic acids is 1. The summed E-state index contributed by atoms with van der Waals surface area (Å²) < 4.78 is 11.1. The van der Waals surface area contributed by atoms with Crippen LogP contribution in [0.4, 0.5) is 0 Å². The van der Waals surface area contributed by atoms with Gasteiger partial charge in [0.25, 0.3) is 0 Å². The van der Waals surface area contributed by atoms with Gasteiger partial charge in [0.05, 0.1) is 17.7 Å². The van der Waals surface area contributed by atoms with E-state index in [1.165, 1.54) is 0 Å². The van der Waals surface area contributed by atoms with Gasteiger partial charge in [0.1, 0.15) is 5.76 Å². The Morgan fingerprint density at radius 1 is 1.46 bits per heavy atom. The number of likely N-dealkylation sites (N-methyl/N-ethyl adjacent to an activating group) is 1. The van der Waals surface area contributed by atoms with Crippen LogP contribution in [0.1, 0.15) is 43.6 Å². The molecule has 146 valence electrons. The van der Waals surface area contributed by atoms with Crippen molar-refractivity contribution in [2.75, 3.05) is 46.9 Å². The van der Waals surface area contributed by atoms with Gasteiger partial charge in [-0.15, -0.1) is 0 Å². The van der Waals surface area contributed by atoms with Crippen molar-refractivity contribution in [1.29, 1.82) is 0 Å². The highest BCUT2D eigenvalue weighted by Crippen LogP contribution is 2.35. The summed E-state index contributed by atoms with van der Waals surface area (Å²) in [5.74, 6) is 1.27. The molecule has 0 aromatic carbocycles. The largest absolute Gasteiger partial charge is 0.381 e. The summed E-state index contributed by atoms with van der Waals surface area (Å²) in [6.07, 6.45) is 3.23. The SMILES string of the molecule is CC(CN(C)C)NC(=O)C1(Cc2cc(C3CCOC3)no2)CCNCC1. The van der Waals surface area contributed by atoms with Crippen molar-refractivity contribution in [3.05, 3.63) is 17.5 Å². The Kier molecular flexibility index (Phi) is 6.32. The van der Waals surface area contributed by atoms with E-state index in [1.54, 1.807) is 0 Å². The lowest BCUT2D eigenvalue weighted by Crippen LogP contribution is -2.52. The number of nitrogens with one attached hydrogen (secondary N) is 2. The van der Waals surface area contributed by atoms with Crippen molar-refractivity contribution in [3.63, 3.8) is 0 Å². The van der Waals surface area contributed by atoms with E-state index in [4.69, 9.17) is 9.26 Å². The van der Waals surface area contributed by atoms with Crippen molar-refractivity contribution in [2.24, 2.45) is 5.41 Å². The van der Waals surface area contributed by atoms with E-state index < -0.39 is 5.41 Å². The maximum absolute atomic E-state index is 13.1. The van der Waals surface area contributed by atoms with E-state index in [0.29, 0.717) is 18.9 Å². The number of hydrogen-bond donors (Lipinski definition) is 2. The molecule has 0 radical (unpaired) electrons. The van der Waals surface area contributed by atoms with Crippen LogP contribution in [0.3, 0.4) is 0 Å². The van der Waals surface area contributed by atoms with E-state index in [9.17, 15) is 4.79 Å². The van der Waals surface area contributed by atoms with E-state index in [1.807, 2.05) is 20.2 Å². The first-order valence-corrected chi connectivity index (χ1v) is 9.68. The lowest BCUT2D eigenvalue weighted by Gasteiger charge is -2.36. The summed E-state index contributed by atoms with van der Waals surface area (Å²) in [6.45, 7) is 6.09. The van der Waals surface area contributed by atoms with Crippen LogP contribution in [0.5, 0.6) is 0 Å². The molecule has 26 heavy (non-hydrogen) atoms. The van der Waals surface area contributed by atoms with Crippen molar-refractivity contribution in [3.8, 4) is 0 Å². The van der Waals surface area contributed by atoms with E-state index >= 15 is 0 Å². The molecular formula is C19H32N4O3. The Hall–Kier alpha value is -1.44. The number of carbonyl (C=O) groups is 1. The maximum atomic E-state index is 13.1. The second-order valence-electron chi connectivity index (χ2n) is 8.12. The third-order valence-electron chi connectivity index (χ3n) is 5.50.